The van der Waals surface area contributed by atoms with Gasteiger partial charge in [0.25, 0.3) is 0 Å². The molecule has 0 fully saturated rings. The topological polar surface area (TPSA) is 44.8 Å². The van der Waals surface area contributed by atoms with E-state index >= 15 is 0 Å². The van der Waals surface area contributed by atoms with Crippen molar-refractivity contribution in [1.29, 1.82) is 0 Å². The van der Waals surface area contributed by atoms with Crippen LogP contribution in [0.1, 0.15) is 6.42 Å². The molecule has 0 saturated carbocycles. The van der Waals surface area contributed by atoms with Crippen molar-refractivity contribution in [3.63, 3.8) is 0 Å². The normalized spacial score (nSPS) is 16.6. The molecule has 4 nitrogen and oxygen atoms in total. The van der Waals surface area contributed by atoms with Crippen molar-refractivity contribution in [2.45, 2.75) is 25.6 Å². The Morgan fingerprint density at radius 3 is 2.29 bits per heavy atom. The molecule has 0 aliphatic carbocycles. The zero-order valence-electron chi connectivity index (χ0n) is 9.70. The molecule has 0 aromatic heterocycles. The van der Waals surface area contributed by atoms with Crippen LogP contribution in [0.25, 0.3) is 0 Å². The molecular formula is C8H21O4PSi. The van der Waals surface area contributed by atoms with Gasteiger partial charge in [0, 0.05) is 20.9 Å². The highest BCUT2D eigenvalue weighted by molar-refractivity contribution is 7.52. The Labute approximate surface area is 87.6 Å². The van der Waals surface area contributed by atoms with Crippen molar-refractivity contribution in [3.8, 4) is 0 Å². The van der Waals surface area contributed by atoms with Crippen molar-refractivity contribution in [3.05, 3.63) is 0 Å². The van der Waals surface area contributed by atoms with E-state index in [0.29, 0.717) is 6.61 Å². The standard InChI is InChI=1S/C8H21O4PSi/c1-10-13(3,9)12-7-6-8-14(4,5)11-2/h6-8H2,1-5H3. The molecule has 0 rings (SSSR count). The highest BCUT2D eigenvalue weighted by Crippen LogP contribution is 2.42. The summed E-state index contributed by atoms with van der Waals surface area (Å²) >= 11 is 0. The SMILES string of the molecule is CO[Si](C)(C)CCCOP(C)(=O)OC. The summed E-state index contributed by atoms with van der Waals surface area (Å²) in [4.78, 5) is 0. The van der Waals surface area contributed by atoms with Crippen LogP contribution in [0.5, 0.6) is 0 Å². The van der Waals surface area contributed by atoms with E-state index in [2.05, 4.69) is 13.1 Å². The summed E-state index contributed by atoms with van der Waals surface area (Å²) in [5.74, 6) is 0. The molecule has 14 heavy (non-hydrogen) atoms. The van der Waals surface area contributed by atoms with Crippen LogP contribution in [0.3, 0.4) is 0 Å². The molecule has 1 unspecified atom stereocenters. The summed E-state index contributed by atoms with van der Waals surface area (Å²) in [6, 6.07) is 1.01. The average molecular weight is 240 g/mol. The van der Waals surface area contributed by atoms with E-state index in [-0.39, 0.29) is 0 Å². The number of hydrogen-bond acceptors (Lipinski definition) is 4. The molecule has 86 valence electrons. The Kier molecular flexibility index (Phi) is 6.17. The smallest absolute Gasteiger partial charge is 0.327 e. The van der Waals surface area contributed by atoms with Crippen molar-refractivity contribution in [1.82, 2.24) is 0 Å². The molecule has 1 atom stereocenters. The second-order valence-electron chi connectivity index (χ2n) is 3.85. The summed E-state index contributed by atoms with van der Waals surface area (Å²) in [5, 5.41) is 0. The van der Waals surface area contributed by atoms with Crippen LogP contribution in [0, 0.1) is 0 Å². The van der Waals surface area contributed by atoms with E-state index in [0.717, 1.165) is 12.5 Å². The Hall–Kier alpha value is 0.327. The van der Waals surface area contributed by atoms with Gasteiger partial charge in [-0.1, -0.05) is 0 Å². The predicted octanol–water partition coefficient (Wildman–Crippen LogP) is 2.71. The summed E-state index contributed by atoms with van der Waals surface area (Å²) in [5.41, 5.74) is 0. The average Bonchev–Trinajstić information content (AvgIpc) is 2.13. The first kappa shape index (κ1) is 14.3. The first-order chi connectivity index (χ1) is 6.33. The monoisotopic (exact) mass is 240 g/mol. The van der Waals surface area contributed by atoms with E-state index < -0.39 is 15.9 Å². The lowest BCUT2D eigenvalue weighted by Crippen LogP contribution is -2.28. The summed E-state index contributed by atoms with van der Waals surface area (Å²) < 4.78 is 26.5. The second-order valence-corrected chi connectivity index (χ2v) is 10.4. The van der Waals surface area contributed by atoms with Gasteiger partial charge in [0.2, 0.25) is 0 Å². The fourth-order valence-electron chi connectivity index (χ4n) is 0.883. The zero-order valence-corrected chi connectivity index (χ0v) is 11.6. The molecule has 0 spiro atoms. The second kappa shape index (κ2) is 6.03. The Balaban J connectivity index is 3.62. The van der Waals surface area contributed by atoms with Crippen LogP contribution in [-0.2, 0) is 18.0 Å². The van der Waals surface area contributed by atoms with Crippen LogP contribution in [0.2, 0.25) is 19.1 Å². The molecule has 0 aromatic carbocycles. The summed E-state index contributed by atoms with van der Waals surface area (Å²) in [6.45, 7) is 6.25. The first-order valence-electron chi connectivity index (χ1n) is 4.66. The highest BCUT2D eigenvalue weighted by atomic mass is 31.2. The van der Waals surface area contributed by atoms with Gasteiger partial charge in [-0.15, -0.1) is 0 Å². The minimum Gasteiger partial charge on any atom is -0.420 e. The van der Waals surface area contributed by atoms with Crippen molar-refractivity contribution in [2.24, 2.45) is 0 Å². The Bertz CT molecular complexity index is 208. The molecule has 0 amide bonds. The Morgan fingerprint density at radius 1 is 1.29 bits per heavy atom. The third-order valence-corrected chi connectivity index (χ3v) is 6.11. The maximum atomic E-state index is 11.3. The van der Waals surface area contributed by atoms with Crippen molar-refractivity contribution >= 4 is 15.9 Å². The number of hydrogen-bond donors (Lipinski definition) is 0. The van der Waals surface area contributed by atoms with Crippen molar-refractivity contribution in [2.75, 3.05) is 27.5 Å². The highest BCUT2D eigenvalue weighted by Gasteiger charge is 2.20. The summed E-state index contributed by atoms with van der Waals surface area (Å²) in [6.07, 6.45) is 0.869. The zero-order chi connectivity index (χ0) is 11.2. The third-order valence-electron chi connectivity index (χ3n) is 2.13. The molecule has 0 radical (unpaired) electrons. The quantitative estimate of drug-likeness (QED) is 0.390. The minimum absolute atomic E-state index is 0.474. The van der Waals surface area contributed by atoms with Gasteiger partial charge >= 0.3 is 7.60 Å². The van der Waals surface area contributed by atoms with Crippen LogP contribution >= 0.6 is 7.60 Å². The fraction of sp³-hybridized carbons (Fsp3) is 1.00. The van der Waals surface area contributed by atoms with Gasteiger partial charge in [-0.2, -0.15) is 0 Å². The van der Waals surface area contributed by atoms with Crippen molar-refractivity contribution < 1.29 is 18.0 Å². The molecular weight excluding hydrogens is 219 g/mol. The lowest BCUT2D eigenvalue weighted by Gasteiger charge is -2.20. The van der Waals surface area contributed by atoms with E-state index in [1.54, 1.807) is 7.11 Å². The van der Waals surface area contributed by atoms with Gasteiger partial charge in [0.05, 0.1) is 6.61 Å². The Morgan fingerprint density at radius 2 is 1.86 bits per heavy atom. The van der Waals surface area contributed by atoms with Crippen LogP contribution in [0.4, 0.5) is 0 Å². The molecule has 0 bridgehead atoms. The van der Waals surface area contributed by atoms with Gasteiger partial charge in [-0.25, -0.2) is 0 Å². The van der Waals surface area contributed by atoms with E-state index in [4.69, 9.17) is 13.5 Å². The summed E-state index contributed by atoms with van der Waals surface area (Å²) in [7, 11) is -1.14. The van der Waals surface area contributed by atoms with E-state index in [9.17, 15) is 4.57 Å². The molecule has 0 aliphatic rings. The molecule has 0 aliphatic heterocycles. The molecule has 6 heteroatoms. The number of rotatable bonds is 7. The van der Waals surface area contributed by atoms with Gasteiger partial charge in [-0.3, -0.25) is 4.57 Å². The van der Waals surface area contributed by atoms with E-state index in [1.807, 2.05) is 0 Å². The van der Waals surface area contributed by atoms with Gasteiger partial charge in [0.1, 0.15) is 0 Å². The lowest BCUT2D eigenvalue weighted by molar-refractivity contribution is 0.237. The lowest BCUT2D eigenvalue weighted by atomic mass is 10.5. The van der Waals surface area contributed by atoms with Crippen LogP contribution < -0.4 is 0 Å². The third kappa shape index (κ3) is 6.73. The van der Waals surface area contributed by atoms with Crippen LogP contribution in [0.15, 0.2) is 0 Å². The molecule has 0 aromatic rings. The van der Waals surface area contributed by atoms with Gasteiger partial charge in [0.15, 0.2) is 8.32 Å². The minimum atomic E-state index is -2.79. The van der Waals surface area contributed by atoms with Gasteiger partial charge < -0.3 is 13.5 Å². The molecule has 0 heterocycles. The van der Waals surface area contributed by atoms with E-state index in [1.165, 1.54) is 13.8 Å². The predicted molar refractivity (Wildman–Crippen MR) is 60.4 cm³/mol. The molecule has 0 N–H and O–H groups in total. The fourth-order valence-corrected chi connectivity index (χ4v) is 2.65. The largest absolute Gasteiger partial charge is 0.420 e. The first-order valence-corrected chi connectivity index (χ1v) is 9.76. The maximum Gasteiger partial charge on any atom is 0.327 e. The molecule has 0 saturated heterocycles. The maximum absolute atomic E-state index is 11.3. The van der Waals surface area contributed by atoms with Gasteiger partial charge in [-0.05, 0) is 25.6 Å². The van der Waals surface area contributed by atoms with Crippen LogP contribution in [-0.4, -0.2) is 35.8 Å².